The highest BCUT2D eigenvalue weighted by molar-refractivity contribution is 5.36. The van der Waals surface area contributed by atoms with Gasteiger partial charge in [0.15, 0.2) is 0 Å². The molecule has 5 rings (SSSR count). The summed E-state index contributed by atoms with van der Waals surface area (Å²) in [7, 11) is 0. The van der Waals surface area contributed by atoms with Crippen LogP contribution in [0.25, 0.3) is 0 Å². The largest absolute Gasteiger partial charge is 0.431 e. The molecule has 1 N–H and O–H groups in total. The Morgan fingerprint density at radius 3 is 2.74 bits per heavy atom. The third-order valence-electron chi connectivity index (χ3n) is 8.97. The molecule has 4 aliphatic carbocycles. The first-order chi connectivity index (χ1) is 12.9. The van der Waals surface area contributed by atoms with Crippen LogP contribution < -0.4 is 5.63 Å². The number of hydrogen-bond donors (Lipinski definition) is 1. The second-order valence-electron chi connectivity index (χ2n) is 9.83. The minimum atomic E-state index is -0.636. The van der Waals surface area contributed by atoms with Gasteiger partial charge in [0.25, 0.3) is 0 Å². The first-order valence-corrected chi connectivity index (χ1v) is 10.6. The Kier molecular flexibility index (Phi) is 3.69. The van der Waals surface area contributed by atoms with Crippen LogP contribution in [0.15, 0.2) is 51.4 Å². The predicted molar refractivity (Wildman–Crippen MR) is 105 cm³/mol. The van der Waals surface area contributed by atoms with Crippen molar-refractivity contribution in [2.45, 2.75) is 70.3 Å². The highest BCUT2D eigenvalue weighted by Gasteiger charge is 2.66. The zero-order valence-corrected chi connectivity index (χ0v) is 16.4. The molecule has 0 saturated heterocycles. The van der Waals surface area contributed by atoms with Crippen LogP contribution in [0, 0.1) is 22.7 Å². The van der Waals surface area contributed by atoms with E-state index in [1.54, 1.807) is 6.26 Å². The van der Waals surface area contributed by atoms with Gasteiger partial charge in [-0.25, -0.2) is 4.79 Å². The molecule has 1 aromatic heterocycles. The molecule has 2 saturated carbocycles. The van der Waals surface area contributed by atoms with Crippen LogP contribution in [0.4, 0.5) is 0 Å². The van der Waals surface area contributed by atoms with E-state index in [4.69, 9.17) is 4.42 Å². The quantitative estimate of drug-likeness (QED) is 0.764. The summed E-state index contributed by atoms with van der Waals surface area (Å²) in [6.07, 6.45) is 16.1. The average Bonchev–Trinajstić information content (AvgIpc) is 2.94. The molecular formula is C24H30O3. The van der Waals surface area contributed by atoms with E-state index < -0.39 is 5.60 Å². The lowest BCUT2D eigenvalue weighted by Crippen LogP contribution is -2.59. The maximum absolute atomic E-state index is 12.1. The summed E-state index contributed by atoms with van der Waals surface area (Å²) in [5, 5.41) is 12.1. The topological polar surface area (TPSA) is 50.4 Å². The van der Waals surface area contributed by atoms with Gasteiger partial charge in [0, 0.05) is 11.5 Å². The van der Waals surface area contributed by atoms with Crippen molar-refractivity contribution < 1.29 is 9.52 Å². The lowest BCUT2D eigenvalue weighted by Gasteiger charge is -2.60. The van der Waals surface area contributed by atoms with Gasteiger partial charge in [-0.3, -0.25) is 0 Å². The summed E-state index contributed by atoms with van der Waals surface area (Å²) in [6, 6.07) is 3.43. The Bertz CT molecular complexity index is 859. The summed E-state index contributed by atoms with van der Waals surface area (Å²) < 4.78 is 5.17. The van der Waals surface area contributed by atoms with Crippen LogP contribution >= 0.6 is 0 Å². The number of rotatable bonds is 1. The minimum absolute atomic E-state index is 0.152. The van der Waals surface area contributed by atoms with Crippen LogP contribution in [0.1, 0.15) is 70.3 Å². The Balaban J connectivity index is 1.54. The fourth-order valence-electron chi connectivity index (χ4n) is 7.37. The van der Waals surface area contributed by atoms with E-state index in [0.29, 0.717) is 11.8 Å². The van der Waals surface area contributed by atoms with Gasteiger partial charge in [-0.15, -0.1) is 0 Å². The maximum atomic E-state index is 12.1. The fourth-order valence-corrected chi connectivity index (χ4v) is 7.37. The molecule has 0 unspecified atom stereocenters. The van der Waals surface area contributed by atoms with E-state index in [9.17, 15) is 9.90 Å². The third kappa shape index (κ3) is 2.21. The third-order valence-corrected chi connectivity index (χ3v) is 8.97. The van der Waals surface area contributed by atoms with Gasteiger partial charge < -0.3 is 9.52 Å². The Hall–Kier alpha value is -1.61. The van der Waals surface area contributed by atoms with Gasteiger partial charge in [-0.1, -0.05) is 32.1 Å². The van der Waals surface area contributed by atoms with Gasteiger partial charge in [-0.2, -0.15) is 0 Å². The van der Waals surface area contributed by atoms with Crippen molar-refractivity contribution in [1.82, 2.24) is 0 Å². The van der Waals surface area contributed by atoms with Crippen molar-refractivity contribution in [3.63, 3.8) is 0 Å². The molecular weight excluding hydrogens is 336 g/mol. The van der Waals surface area contributed by atoms with Crippen molar-refractivity contribution in [3.05, 3.63) is 58.2 Å². The molecule has 2 fully saturated rings. The van der Waals surface area contributed by atoms with Gasteiger partial charge in [-0.05, 0) is 85.3 Å². The molecule has 0 aromatic carbocycles. The minimum Gasteiger partial charge on any atom is -0.431 e. The van der Waals surface area contributed by atoms with E-state index >= 15 is 0 Å². The molecule has 0 radical (unpaired) electrons. The number of allylic oxidation sites excluding steroid dienone is 4. The van der Waals surface area contributed by atoms with E-state index in [0.717, 1.165) is 37.7 Å². The average molecular weight is 367 g/mol. The smallest absolute Gasteiger partial charge is 0.335 e. The van der Waals surface area contributed by atoms with Gasteiger partial charge in [0.2, 0.25) is 0 Å². The van der Waals surface area contributed by atoms with Crippen LogP contribution in [-0.2, 0) is 0 Å². The monoisotopic (exact) mass is 366 g/mol. The van der Waals surface area contributed by atoms with E-state index in [2.05, 4.69) is 32.1 Å². The van der Waals surface area contributed by atoms with Gasteiger partial charge >= 0.3 is 5.63 Å². The fraction of sp³-hybridized carbons (Fsp3) is 0.625. The van der Waals surface area contributed by atoms with Crippen LogP contribution in [0.2, 0.25) is 0 Å². The van der Waals surface area contributed by atoms with Crippen molar-refractivity contribution in [2.24, 2.45) is 22.7 Å². The summed E-state index contributed by atoms with van der Waals surface area (Å²) in [4.78, 5) is 11.4. The van der Waals surface area contributed by atoms with E-state index in [1.165, 1.54) is 24.5 Å². The summed E-state index contributed by atoms with van der Waals surface area (Å²) in [5.41, 5.74) is 1.70. The molecule has 0 amide bonds. The van der Waals surface area contributed by atoms with Crippen molar-refractivity contribution in [2.75, 3.05) is 0 Å². The number of aliphatic hydroxyl groups is 1. The van der Waals surface area contributed by atoms with Crippen molar-refractivity contribution in [1.29, 1.82) is 0 Å². The Morgan fingerprint density at radius 1 is 1.11 bits per heavy atom. The molecule has 144 valence electrons. The standard InChI is InChI=1S/C24H30O3/c1-22-12-4-3-5-17(22)7-8-20-19(22)10-13-23(2)18(11-14-24(20,23)26)16-6-9-21(25)27-15-16/h3,5-7,9,15,18-20,26H,4,8,10-14H2,1-2H3/t18-,19+,20-,22+,23-,24+/m1/s1. The molecule has 1 heterocycles. The van der Waals surface area contributed by atoms with Gasteiger partial charge in [0.1, 0.15) is 0 Å². The van der Waals surface area contributed by atoms with E-state index in [1.807, 2.05) is 6.07 Å². The summed E-state index contributed by atoms with van der Waals surface area (Å²) in [6.45, 7) is 4.72. The number of hydrogen-bond acceptors (Lipinski definition) is 3. The SMILES string of the molecule is C[C@]12CCC=CC1=CC[C@@H]1[C@@H]2CC[C@]2(C)[C@@H](c3ccc(=O)oc3)CC[C@]12O. The molecule has 1 aromatic rings. The second-order valence-corrected chi connectivity index (χ2v) is 9.83. The highest BCUT2D eigenvalue weighted by atomic mass is 16.4. The summed E-state index contributed by atoms with van der Waals surface area (Å²) in [5.74, 6) is 1.16. The first kappa shape index (κ1) is 17.5. The summed E-state index contributed by atoms with van der Waals surface area (Å²) >= 11 is 0. The van der Waals surface area contributed by atoms with Crippen molar-refractivity contribution in [3.8, 4) is 0 Å². The Labute approximate surface area is 161 Å². The lowest BCUT2D eigenvalue weighted by atomic mass is 9.46. The van der Waals surface area contributed by atoms with Crippen molar-refractivity contribution >= 4 is 0 Å². The normalized spacial score (nSPS) is 45.6. The molecule has 0 aliphatic heterocycles. The highest BCUT2D eigenvalue weighted by Crippen LogP contribution is 2.69. The zero-order chi connectivity index (χ0) is 18.9. The molecule has 4 aliphatic rings. The molecule has 0 bridgehead atoms. The first-order valence-electron chi connectivity index (χ1n) is 10.6. The molecule has 0 spiro atoms. The van der Waals surface area contributed by atoms with E-state index in [-0.39, 0.29) is 22.4 Å². The number of fused-ring (bicyclic) bond motifs is 5. The second kappa shape index (κ2) is 5.70. The molecule has 3 heteroatoms. The van der Waals surface area contributed by atoms with Gasteiger partial charge in [0.05, 0.1) is 11.9 Å². The van der Waals surface area contributed by atoms with Crippen LogP contribution in [0.3, 0.4) is 0 Å². The predicted octanol–water partition coefficient (Wildman–Crippen LogP) is 4.97. The van der Waals surface area contributed by atoms with Crippen LogP contribution in [-0.4, -0.2) is 10.7 Å². The molecule has 27 heavy (non-hydrogen) atoms. The molecule has 6 atom stereocenters. The van der Waals surface area contributed by atoms with Crippen LogP contribution in [0.5, 0.6) is 0 Å². The lowest BCUT2D eigenvalue weighted by molar-refractivity contribution is -0.169. The zero-order valence-electron chi connectivity index (χ0n) is 16.4. The maximum Gasteiger partial charge on any atom is 0.335 e. The molecule has 3 nitrogen and oxygen atoms in total. The Morgan fingerprint density at radius 2 is 1.96 bits per heavy atom.